The molecular weight excluding hydrogens is 402 g/mol. The number of fused-ring (bicyclic) bond motifs is 2. The lowest BCUT2D eigenvalue weighted by Crippen LogP contribution is -2.48. The molecule has 3 heterocycles. The van der Waals surface area contributed by atoms with Crippen LogP contribution in [0.4, 0.5) is 5.13 Å². The van der Waals surface area contributed by atoms with Crippen molar-refractivity contribution in [2.24, 2.45) is 0 Å². The van der Waals surface area contributed by atoms with Crippen LogP contribution < -0.4 is 19.1 Å². The molecule has 1 aromatic heterocycles. The van der Waals surface area contributed by atoms with Crippen LogP contribution in [0.2, 0.25) is 0 Å². The van der Waals surface area contributed by atoms with Gasteiger partial charge in [-0.1, -0.05) is 11.3 Å². The van der Waals surface area contributed by atoms with Crippen molar-refractivity contribution in [2.45, 2.75) is 6.92 Å². The Labute approximate surface area is 178 Å². The molecule has 5 rings (SSSR count). The standard InChI is InChI=1S/C22H23N3O4S/c1-2-27-16-4-5-17-20(14-16)30-22(23-17)25-9-7-24(8-10-25)21(26)15-3-6-18-19(13-15)29-12-11-28-18/h3-6,13-14H,2,7-12H2,1H3. The summed E-state index contributed by atoms with van der Waals surface area (Å²) in [6.07, 6.45) is 0. The number of amides is 1. The summed E-state index contributed by atoms with van der Waals surface area (Å²) >= 11 is 1.67. The first-order valence-electron chi connectivity index (χ1n) is 10.2. The Hall–Kier alpha value is -3.00. The van der Waals surface area contributed by atoms with Crippen molar-refractivity contribution in [1.29, 1.82) is 0 Å². The molecule has 0 radical (unpaired) electrons. The number of rotatable bonds is 4. The van der Waals surface area contributed by atoms with Crippen molar-refractivity contribution < 1.29 is 19.0 Å². The Morgan fingerprint density at radius 1 is 1.07 bits per heavy atom. The van der Waals surface area contributed by atoms with Crippen LogP contribution in [0.15, 0.2) is 36.4 Å². The normalized spacial score (nSPS) is 16.0. The van der Waals surface area contributed by atoms with E-state index in [4.69, 9.17) is 19.2 Å². The van der Waals surface area contributed by atoms with E-state index in [9.17, 15) is 4.79 Å². The second-order valence-corrected chi connectivity index (χ2v) is 8.21. The average molecular weight is 426 g/mol. The van der Waals surface area contributed by atoms with Crippen LogP contribution in [0, 0.1) is 0 Å². The number of anilines is 1. The molecule has 2 aliphatic rings. The maximum absolute atomic E-state index is 13.0. The lowest BCUT2D eigenvalue weighted by molar-refractivity contribution is 0.0745. The maximum Gasteiger partial charge on any atom is 0.254 e. The van der Waals surface area contributed by atoms with Crippen molar-refractivity contribution in [3.05, 3.63) is 42.0 Å². The van der Waals surface area contributed by atoms with Crippen LogP contribution in [0.25, 0.3) is 10.2 Å². The number of piperazine rings is 1. The van der Waals surface area contributed by atoms with Crippen LogP contribution in [-0.4, -0.2) is 61.8 Å². The first kappa shape index (κ1) is 19.0. The largest absolute Gasteiger partial charge is 0.494 e. The molecule has 0 aliphatic carbocycles. The maximum atomic E-state index is 13.0. The molecule has 156 valence electrons. The highest BCUT2D eigenvalue weighted by Crippen LogP contribution is 2.33. The fourth-order valence-corrected chi connectivity index (χ4v) is 4.79. The number of ether oxygens (including phenoxy) is 3. The minimum atomic E-state index is 0.0253. The fraction of sp³-hybridized carbons (Fsp3) is 0.364. The third-order valence-electron chi connectivity index (χ3n) is 5.29. The molecular formula is C22H23N3O4S. The molecule has 1 saturated heterocycles. The Morgan fingerprint density at radius 2 is 1.87 bits per heavy atom. The summed E-state index contributed by atoms with van der Waals surface area (Å²) in [5.41, 5.74) is 1.62. The van der Waals surface area contributed by atoms with E-state index in [0.717, 1.165) is 34.2 Å². The molecule has 0 atom stereocenters. The molecule has 8 heteroatoms. The van der Waals surface area contributed by atoms with Gasteiger partial charge in [0.15, 0.2) is 16.6 Å². The monoisotopic (exact) mass is 425 g/mol. The van der Waals surface area contributed by atoms with Gasteiger partial charge in [0.1, 0.15) is 19.0 Å². The quantitative estimate of drug-likeness (QED) is 0.638. The number of carbonyl (C=O) groups excluding carboxylic acids is 1. The highest BCUT2D eigenvalue weighted by molar-refractivity contribution is 7.22. The van der Waals surface area contributed by atoms with E-state index in [-0.39, 0.29) is 5.91 Å². The summed E-state index contributed by atoms with van der Waals surface area (Å²) in [5.74, 6) is 2.24. The number of aromatic nitrogens is 1. The number of hydrogen-bond acceptors (Lipinski definition) is 7. The second-order valence-electron chi connectivity index (χ2n) is 7.20. The summed E-state index contributed by atoms with van der Waals surface area (Å²) in [6.45, 7) is 6.52. The summed E-state index contributed by atoms with van der Waals surface area (Å²) in [7, 11) is 0. The highest BCUT2D eigenvalue weighted by atomic mass is 32.1. The topological polar surface area (TPSA) is 64.1 Å². The third kappa shape index (κ3) is 3.63. The molecule has 2 aliphatic heterocycles. The predicted octanol–water partition coefficient (Wildman–Crippen LogP) is 3.43. The van der Waals surface area contributed by atoms with E-state index in [2.05, 4.69) is 4.90 Å². The van der Waals surface area contributed by atoms with Crippen molar-refractivity contribution >= 4 is 32.6 Å². The summed E-state index contributed by atoms with van der Waals surface area (Å²) in [5, 5.41) is 0.991. The number of thiazole rings is 1. The molecule has 0 N–H and O–H groups in total. The molecule has 0 unspecified atom stereocenters. The zero-order chi connectivity index (χ0) is 20.5. The Balaban J connectivity index is 1.26. The minimum absolute atomic E-state index is 0.0253. The number of carbonyl (C=O) groups is 1. The predicted molar refractivity (Wildman–Crippen MR) is 116 cm³/mol. The Morgan fingerprint density at radius 3 is 2.67 bits per heavy atom. The van der Waals surface area contributed by atoms with E-state index in [1.54, 1.807) is 17.4 Å². The van der Waals surface area contributed by atoms with E-state index >= 15 is 0 Å². The van der Waals surface area contributed by atoms with Crippen molar-refractivity contribution in [3.63, 3.8) is 0 Å². The van der Waals surface area contributed by atoms with E-state index in [1.165, 1.54) is 0 Å². The first-order valence-corrected chi connectivity index (χ1v) is 11.0. The van der Waals surface area contributed by atoms with Crippen LogP contribution in [0.1, 0.15) is 17.3 Å². The smallest absolute Gasteiger partial charge is 0.254 e. The van der Waals surface area contributed by atoms with E-state index in [0.29, 0.717) is 50.0 Å². The van der Waals surface area contributed by atoms with Gasteiger partial charge in [0.2, 0.25) is 0 Å². The minimum Gasteiger partial charge on any atom is -0.494 e. The highest BCUT2D eigenvalue weighted by Gasteiger charge is 2.25. The first-order chi connectivity index (χ1) is 14.7. The van der Waals surface area contributed by atoms with Gasteiger partial charge in [0.25, 0.3) is 5.91 Å². The van der Waals surface area contributed by atoms with Gasteiger partial charge in [0.05, 0.1) is 16.8 Å². The Bertz CT molecular complexity index is 1080. The van der Waals surface area contributed by atoms with Crippen LogP contribution in [0.5, 0.6) is 17.2 Å². The van der Waals surface area contributed by atoms with Gasteiger partial charge in [-0.2, -0.15) is 0 Å². The van der Waals surface area contributed by atoms with Crippen molar-refractivity contribution in [1.82, 2.24) is 9.88 Å². The van der Waals surface area contributed by atoms with Crippen LogP contribution >= 0.6 is 11.3 Å². The van der Waals surface area contributed by atoms with Gasteiger partial charge < -0.3 is 24.0 Å². The molecule has 1 fully saturated rings. The zero-order valence-corrected chi connectivity index (χ0v) is 17.6. The third-order valence-corrected chi connectivity index (χ3v) is 6.37. The van der Waals surface area contributed by atoms with Crippen molar-refractivity contribution in [2.75, 3.05) is 50.9 Å². The van der Waals surface area contributed by atoms with Gasteiger partial charge in [0, 0.05) is 31.7 Å². The van der Waals surface area contributed by atoms with Gasteiger partial charge in [-0.3, -0.25) is 4.79 Å². The molecule has 3 aromatic rings. The lowest BCUT2D eigenvalue weighted by Gasteiger charge is -2.34. The van der Waals surface area contributed by atoms with Gasteiger partial charge in [-0.05, 0) is 43.3 Å². The molecule has 0 spiro atoms. The molecule has 1 amide bonds. The summed E-state index contributed by atoms with van der Waals surface area (Å²) in [6, 6.07) is 11.4. The van der Waals surface area contributed by atoms with E-state index in [1.807, 2.05) is 42.2 Å². The van der Waals surface area contributed by atoms with E-state index < -0.39 is 0 Å². The number of benzene rings is 2. The molecule has 2 aromatic carbocycles. The second kappa shape index (κ2) is 8.02. The van der Waals surface area contributed by atoms with Gasteiger partial charge in [-0.15, -0.1) is 0 Å². The molecule has 30 heavy (non-hydrogen) atoms. The van der Waals surface area contributed by atoms with Crippen LogP contribution in [0.3, 0.4) is 0 Å². The zero-order valence-electron chi connectivity index (χ0n) is 16.8. The van der Waals surface area contributed by atoms with Crippen LogP contribution in [-0.2, 0) is 0 Å². The Kier molecular flexibility index (Phi) is 5.08. The van der Waals surface area contributed by atoms with Gasteiger partial charge in [-0.25, -0.2) is 4.98 Å². The molecule has 0 bridgehead atoms. The number of nitrogens with zero attached hydrogens (tertiary/aromatic N) is 3. The van der Waals surface area contributed by atoms with Crippen molar-refractivity contribution in [3.8, 4) is 17.2 Å². The summed E-state index contributed by atoms with van der Waals surface area (Å²) in [4.78, 5) is 21.9. The fourth-order valence-electron chi connectivity index (χ4n) is 3.74. The number of hydrogen-bond donors (Lipinski definition) is 0. The lowest BCUT2D eigenvalue weighted by atomic mass is 10.1. The molecule has 7 nitrogen and oxygen atoms in total. The average Bonchev–Trinajstić information content (AvgIpc) is 3.22. The molecule has 0 saturated carbocycles. The summed E-state index contributed by atoms with van der Waals surface area (Å²) < 4.78 is 17.9. The van der Waals surface area contributed by atoms with Gasteiger partial charge >= 0.3 is 0 Å². The SMILES string of the molecule is CCOc1ccc2nc(N3CCN(C(=O)c4ccc5c(c4)OCCO5)CC3)sc2c1.